The number of nitrogens with zero attached hydrogens (tertiary/aromatic N) is 1. The summed E-state index contributed by atoms with van der Waals surface area (Å²) in [5, 5.41) is 30.7. The Balaban J connectivity index is 3.67. The molecule has 0 saturated carbocycles. The van der Waals surface area contributed by atoms with Gasteiger partial charge >= 0.3 is 0 Å². The van der Waals surface area contributed by atoms with E-state index in [1.54, 1.807) is 0 Å². The number of aliphatic hydroxyl groups is 3. The summed E-state index contributed by atoms with van der Waals surface area (Å²) in [6, 6.07) is 0. The second kappa shape index (κ2) is 40.3. The van der Waals surface area contributed by atoms with Gasteiger partial charge in [0.2, 0.25) is 0 Å². The highest BCUT2D eigenvalue weighted by atomic mass is 16.3. The zero-order valence-corrected chi connectivity index (χ0v) is 32.5. The van der Waals surface area contributed by atoms with Crippen molar-refractivity contribution >= 4 is 0 Å². The van der Waals surface area contributed by atoms with E-state index in [9.17, 15) is 15.3 Å². The molecule has 0 aromatic heterocycles. The third-order valence-electron chi connectivity index (χ3n) is 10.4. The molecule has 0 heterocycles. The van der Waals surface area contributed by atoms with Crippen molar-refractivity contribution in [1.82, 2.24) is 4.90 Å². The number of unbranched alkanes of at least 4 members (excludes halogenated alkanes) is 30. The number of aliphatic hydroxyl groups excluding tert-OH is 3. The van der Waals surface area contributed by atoms with Gasteiger partial charge in [-0.2, -0.15) is 0 Å². The van der Waals surface area contributed by atoms with Gasteiger partial charge in [0.25, 0.3) is 0 Å². The fourth-order valence-corrected chi connectivity index (χ4v) is 7.19. The van der Waals surface area contributed by atoms with E-state index >= 15 is 0 Å². The fourth-order valence-electron chi connectivity index (χ4n) is 7.19. The van der Waals surface area contributed by atoms with Crippen LogP contribution in [-0.4, -0.2) is 58.7 Å². The highest BCUT2D eigenvalue weighted by molar-refractivity contribution is 4.70. The maximum atomic E-state index is 10.7. The number of rotatable bonds is 41. The Kier molecular flexibility index (Phi) is 40.1. The highest BCUT2D eigenvalue weighted by Crippen LogP contribution is 2.17. The van der Waals surface area contributed by atoms with Gasteiger partial charge in [0.1, 0.15) is 0 Å². The first-order valence-electron chi connectivity index (χ1n) is 21.8. The Morgan fingerprint density at radius 2 is 0.574 bits per heavy atom. The van der Waals surface area contributed by atoms with Gasteiger partial charge in [0.05, 0.1) is 12.2 Å². The van der Waals surface area contributed by atoms with Crippen LogP contribution in [0.1, 0.15) is 239 Å². The smallest absolute Gasteiger partial charge is 0.0667 e. The second-order valence-electron chi connectivity index (χ2n) is 15.3. The molecule has 3 N–H and O–H groups in total. The van der Waals surface area contributed by atoms with Crippen molar-refractivity contribution in [2.45, 2.75) is 251 Å². The van der Waals surface area contributed by atoms with Gasteiger partial charge in [0.15, 0.2) is 0 Å². The average molecular weight is 668 g/mol. The standard InChI is InChI=1S/C43H89NO3/c1-3-5-7-9-11-13-15-17-19-21-23-25-27-29-31-33-36-42(46)40-44(38-35-39-45)41-43(47)37-34-32-30-28-26-24-22-20-18-16-14-12-10-8-6-4-2/h42-43,45-47H,3-41H2,1-2H3. The molecule has 0 radical (unpaired) electrons. The lowest BCUT2D eigenvalue weighted by Crippen LogP contribution is -2.39. The van der Waals surface area contributed by atoms with Crippen LogP contribution in [0, 0.1) is 0 Å². The van der Waals surface area contributed by atoms with Gasteiger partial charge in [-0.1, -0.05) is 219 Å². The minimum absolute atomic E-state index is 0.168. The molecular weight excluding hydrogens is 578 g/mol. The molecule has 0 bridgehead atoms. The van der Waals surface area contributed by atoms with E-state index in [-0.39, 0.29) is 18.8 Å². The summed E-state index contributed by atoms with van der Waals surface area (Å²) in [6.07, 6.45) is 45.5. The lowest BCUT2D eigenvalue weighted by Gasteiger charge is -2.27. The number of hydrogen-bond acceptors (Lipinski definition) is 4. The molecule has 0 aliphatic carbocycles. The molecule has 0 aromatic carbocycles. The molecule has 4 nitrogen and oxygen atoms in total. The van der Waals surface area contributed by atoms with Gasteiger partial charge in [-0.25, -0.2) is 0 Å². The molecule has 0 aliphatic rings. The largest absolute Gasteiger partial charge is 0.396 e. The molecule has 284 valence electrons. The van der Waals surface area contributed by atoms with E-state index in [0.29, 0.717) is 19.5 Å². The Labute approximate surface area is 296 Å². The van der Waals surface area contributed by atoms with Crippen LogP contribution in [0.5, 0.6) is 0 Å². The van der Waals surface area contributed by atoms with Gasteiger partial charge in [-0.15, -0.1) is 0 Å². The highest BCUT2D eigenvalue weighted by Gasteiger charge is 2.15. The van der Waals surface area contributed by atoms with Crippen molar-refractivity contribution in [2.24, 2.45) is 0 Å². The normalized spacial score (nSPS) is 13.1. The Bertz CT molecular complexity index is 515. The first-order chi connectivity index (χ1) is 23.1. The quantitative estimate of drug-likeness (QED) is 0.0568. The maximum absolute atomic E-state index is 10.7. The van der Waals surface area contributed by atoms with E-state index in [0.717, 1.165) is 32.2 Å². The molecule has 0 amide bonds. The molecule has 0 saturated heterocycles. The molecule has 0 spiro atoms. The molecule has 2 atom stereocenters. The maximum Gasteiger partial charge on any atom is 0.0667 e. The monoisotopic (exact) mass is 668 g/mol. The second-order valence-corrected chi connectivity index (χ2v) is 15.3. The van der Waals surface area contributed by atoms with E-state index in [4.69, 9.17) is 0 Å². The van der Waals surface area contributed by atoms with Crippen molar-refractivity contribution in [2.75, 3.05) is 26.2 Å². The van der Waals surface area contributed by atoms with E-state index in [1.807, 2.05) is 0 Å². The van der Waals surface area contributed by atoms with Gasteiger partial charge in [-0.05, 0) is 19.3 Å². The van der Waals surface area contributed by atoms with Gasteiger partial charge < -0.3 is 15.3 Å². The number of hydrogen-bond donors (Lipinski definition) is 3. The van der Waals surface area contributed by atoms with Crippen LogP contribution >= 0.6 is 0 Å². The Morgan fingerprint density at radius 3 is 0.809 bits per heavy atom. The van der Waals surface area contributed by atoms with Crippen LogP contribution in [0.4, 0.5) is 0 Å². The Morgan fingerprint density at radius 1 is 0.340 bits per heavy atom. The van der Waals surface area contributed by atoms with E-state index in [2.05, 4.69) is 18.7 Å². The third kappa shape index (κ3) is 38.5. The van der Waals surface area contributed by atoms with Crippen LogP contribution in [0.2, 0.25) is 0 Å². The van der Waals surface area contributed by atoms with E-state index < -0.39 is 0 Å². The topological polar surface area (TPSA) is 63.9 Å². The summed E-state index contributed by atoms with van der Waals surface area (Å²) in [4.78, 5) is 2.19. The molecule has 0 aromatic rings. The summed E-state index contributed by atoms with van der Waals surface area (Å²) in [7, 11) is 0. The van der Waals surface area contributed by atoms with Crippen LogP contribution < -0.4 is 0 Å². The van der Waals surface area contributed by atoms with Crippen LogP contribution in [0.15, 0.2) is 0 Å². The van der Waals surface area contributed by atoms with E-state index in [1.165, 1.54) is 193 Å². The summed E-state index contributed by atoms with van der Waals surface area (Å²) in [5.74, 6) is 0. The van der Waals surface area contributed by atoms with Crippen molar-refractivity contribution in [1.29, 1.82) is 0 Å². The first kappa shape index (κ1) is 46.8. The van der Waals surface area contributed by atoms with Crippen molar-refractivity contribution < 1.29 is 15.3 Å². The van der Waals surface area contributed by atoms with Crippen molar-refractivity contribution in [3.05, 3.63) is 0 Å². The SMILES string of the molecule is CCCCCCCCCCCCCCCCCCC(O)CN(CCCO)CC(O)CCCCCCCCCCCCCCCCCC. The molecule has 0 fully saturated rings. The summed E-state index contributed by atoms with van der Waals surface area (Å²) >= 11 is 0. The summed E-state index contributed by atoms with van der Waals surface area (Å²) in [5.41, 5.74) is 0. The average Bonchev–Trinajstić information content (AvgIpc) is 3.06. The van der Waals surface area contributed by atoms with Crippen molar-refractivity contribution in [3.8, 4) is 0 Å². The minimum Gasteiger partial charge on any atom is -0.396 e. The summed E-state index contributed by atoms with van der Waals surface area (Å²) in [6.45, 7) is 6.74. The summed E-state index contributed by atoms with van der Waals surface area (Å²) < 4.78 is 0. The molecule has 0 rings (SSSR count). The van der Waals surface area contributed by atoms with Crippen LogP contribution in [0.3, 0.4) is 0 Å². The zero-order valence-electron chi connectivity index (χ0n) is 32.5. The van der Waals surface area contributed by atoms with Crippen LogP contribution in [-0.2, 0) is 0 Å². The zero-order chi connectivity index (χ0) is 34.3. The van der Waals surface area contributed by atoms with Crippen LogP contribution in [0.25, 0.3) is 0 Å². The minimum atomic E-state index is -0.330. The molecule has 47 heavy (non-hydrogen) atoms. The Hall–Kier alpha value is -0.160. The molecular formula is C43H89NO3. The van der Waals surface area contributed by atoms with Crippen molar-refractivity contribution in [3.63, 3.8) is 0 Å². The molecule has 2 unspecified atom stereocenters. The third-order valence-corrected chi connectivity index (χ3v) is 10.4. The predicted octanol–water partition coefficient (Wildman–Crippen LogP) is 12.7. The van der Waals surface area contributed by atoms with Gasteiger partial charge in [0, 0.05) is 26.2 Å². The lowest BCUT2D eigenvalue weighted by molar-refractivity contribution is 0.0573. The lowest BCUT2D eigenvalue weighted by atomic mass is 10.0. The first-order valence-corrected chi connectivity index (χ1v) is 21.8. The fraction of sp³-hybridized carbons (Fsp3) is 1.00. The predicted molar refractivity (Wildman–Crippen MR) is 208 cm³/mol. The van der Waals surface area contributed by atoms with Gasteiger partial charge in [-0.3, -0.25) is 4.90 Å². The molecule has 0 aliphatic heterocycles. The molecule has 4 heteroatoms.